The third kappa shape index (κ3) is 3.21. The Balaban J connectivity index is 1.60. The second-order valence-corrected chi connectivity index (χ2v) is 6.79. The second kappa shape index (κ2) is 6.89. The summed E-state index contributed by atoms with van der Waals surface area (Å²) in [6.07, 6.45) is 1.56. The SMILES string of the molecule is Cc1nc2c3ccccc3nc(SCC(=O)Nc3cccnc3Cl)n2n1. The van der Waals surface area contributed by atoms with E-state index in [9.17, 15) is 4.79 Å². The molecule has 3 aromatic heterocycles. The molecule has 0 bridgehead atoms. The maximum absolute atomic E-state index is 12.3. The molecule has 0 aliphatic heterocycles. The first-order valence-corrected chi connectivity index (χ1v) is 9.13. The first-order chi connectivity index (χ1) is 12.6. The highest BCUT2D eigenvalue weighted by Crippen LogP contribution is 2.24. The largest absolute Gasteiger partial charge is 0.323 e. The van der Waals surface area contributed by atoms with E-state index >= 15 is 0 Å². The van der Waals surface area contributed by atoms with Crippen LogP contribution >= 0.6 is 23.4 Å². The number of amides is 1. The number of hydrogen-bond donors (Lipinski definition) is 1. The molecule has 0 radical (unpaired) electrons. The molecule has 0 saturated heterocycles. The number of nitrogens with one attached hydrogen (secondary N) is 1. The number of fused-ring (bicyclic) bond motifs is 3. The van der Waals surface area contributed by atoms with Gasteiger partial charge in [0, 0.05) is 11.6 Å². The van der Waals surface area contributed by atoms with E-state index < -0.39 is 0 Å². The number of aryl methyl sites for hydroxylation is 1. The molecule has 7 nitrogen and oxygen atoms in total. The van der Waals surface area contributed by atoms with E-state index in [1.165, 1.54) is 11.8 Å². The molecule has 3 heterocycles. The van der Waals surface area contributed by atoms with Gasteiger partial charge >= 0.3 is 0 Å². The lowest BCUT2D eigenvalue weighted by molar-refractivity contribution is -0.113. The molecule has 9 heteroatoms. The van der Waals surface area contributed by atoms with Crippen molar-refractivity contribution in [1.29, 1.82) is 0 Å². The van der Waals surface area contributed by atoms with Crippen molar-refractivity contribution in [3.05, 3.63) is 53.6 Å². The van der Waals surface area contributed by atoms with E-state index in [1.807, 2.05) is 31.2 Å². The maximum Gasteiger partial charge on any atom is 0.234 e. The third-order valence-corrected chi connectivity index (χ3v) is 4.85. The van der Waals surface area contributed by atoms with E-state index in [1.54, 1.807) is 22.8 Å². The van der Waals surface area contributed by atoms with Crippen LogP contribution in [0.1, 0.15) is 5.82 Å². The quantitative estimate of drug-likeness (QED) is 0.330. The molecule has 1 N–H and O–H groups in total. The molecule has 4 aromatic rings. The van der Waals surface area contributed by atoms with Gasteiger partial charge in [0.15, 0.2) is 16.0 Å². The van der Waals surface area contributed by atoms with Crippen LogP contribution in [-0.4, -0.2) is 36.2 Å². The fraction of sp³-hybridized carbons (Fsp3) is 0.118. The topological polar surface area (TPSA) is 85.1 Å². The zero-order chi connectivity index (χ0) is 18.1. The normalized spacial score (nSPS) is 11.2. The minimum Gasteiger partial charge on any atom is -0.323 e. The zero-order valence-corrected chi connectivity index (χ0v) is 15.3. The van der Waals surface area contributed by atoms with Crippen LogP contribution in [0.4, 0.5) is 5.69 Å². The number of hydrogen-bond acceptors (Lipinski definition) is 6. The Hall–Kier alpha value is -2.71. The van der Waals surface area contributed by atoms with Gasteiger partial charge in [-0.25, -0.2) is 15.0 Å². The van der Waals surface area contributed by atoms with Gasteiger partial charge in [0.25, 0.3) is 0 Å². The number of para-hydroxylation sites is 1. The lowest BCUT2D eigenvalue weighted by Crippen LogP contribution is -2.15. The molecule has 0 fully saturated rings. The van der Waals surface area contributed by atoms with Crippen molar-refractivity contribution in [1.82, 2.24) is 24.6 Å². The van der Waals surface area contributed by atoms with Crippen LogP contribution in [0.3, 0.4) is 0 Å². The molecule has 4 rings (SSSR count). The first-order valence-electron chi connectivity index (χ1n) is 7.77. The van der Waals surface area contributed by atoms with E-state index in [-0.39, 0.29) is 16.8 Å². The molecule has 130 valence electrons. The summed E-state index contributed by atoms with van der Waals surface area (Å²) in [6.45, 7) is 1.83. The molecule has 0 saturated carbocycles. The minimum absolute atomic E-state index is 0.157. The number of carbonyl (C=O) groups excluding carboxylic acids is 1. The Labute approximate surface area is 157 Å². The first kappa shape index (κ1) is 16.7. The Morgan fingerprint density at radius 2 is 2.08 bits per heavy atom. The number of halogens is 1. The van der Waals surface area contributed by atoms with Crippen molar-refractivity contribution < 1.29 is 4.79 Å². The van der Waals surface area contributed by atoms with Crippen LogP contribution in [0.15, 0.2) is 47.8 Å². The maximum atomic E-state index is 12.3. The van der Waals surface area contributed by atoms with E-state index in [4.69, 9.17) is 11.6 Å². The van der Waals surface area contributed by atoms with Crippen molar-refractivity contribution >= 4 is 51.5 Å². The number of anilines is 1. The number of nitrogens with zero attached hydrogens (tertiary/aromatic N) is 5. The predicted molar refractivity (Wildman–Crippen MR) is 102 cm³/mol. The van der Waals surface area contributed by atoms with Gasteiger partial charge in [-0.2, -0.15) is 4.52 Å². The highest BCUT2D eigenvalue weighted by atomic mass is 35.5. The Morgan fingerprint density at radius 3 is 2.92 bits per heavy atom. The van der Waals surface area contributed by atoms with Crippen LogP contribution < -0.4 is 5.32 Å². The van der Waals surface area contributed by atoms with Crippen LogP contribution in [0.2, 0.25) is 5.15 Å². The Morgan fingerprint density at radius 1 is 1.23 bits per heavy atom. The standard InChI is InChI=1S/C17H13ClN6OS/c1-10-20-16-11-5-2-3-6-12(11)22-17(24(16)23-10)26-9-14(25)21-13-7-4-8-19-15(13)18/h2-8H,9H2,1H3,(H,21,25). The molecular weight excluding hydrogens is 372 g/mol. The summed E-state index contributed by atoms with van der Waals surface area (Å²) < 4.78 is 1.67. The monoisotopic (exact) mass is 384 g/mol. The van der Waals surface area contributed by atoms with Gasteiger partial charge in [0.2, 0.25) is 5.91 Å². The molecular formula is C17H13ClN6OS. The van der Waals surface area contributed by atoms with Crippen LogP contribution in [-0.2, 0) is 4.79 Å². The van der Waals surface area contributed by atoms with Crippen molar-refractivity contribution in [2.45, 2.75) is 12.1 Å². The van der Waals surface area contributed by atoms with Gasteiger partial charge in [-0.05, 0) is 31.2 Å². The predicted octanol–water partition coefficient (Wildman–Crippen LogP) is 3.37. The summed E-state index contributed by atoms with van der Waals surface area (Å²) in [5, 5.41) is 8.92. The summed E-state index contributed by atoms with van der Waals surface area (Å²) in [7, 11) is 0. The summed E-state index contributed by atoms with van der Waals surface area (Å²) in [4.78, 5) is 25.3. The highest BCUT2D eigenvalue weighted by molar-refractivity contribution is 7.99. The Kier molecular flexibility index (Phi) is 4.44. The van der Waals surface area contributed by atoms with Gasteiger partial charge in [-0.3, -0.25) is 4.79 Å². The summed E-state index contributed by atoms with van der Waals surface area (Å²) in [6, 6.07) is 11.1. The summed E-state index contributed by atoms with van der Waals surface area (Å²) in [5.41, 5.74) is 2.02. The van der Waals surface area contributed by atoms with Crippen LogP contribution in [0, 0.1) is 6.92 Å². The molecule has 1 amide bonds. The Bertz CT molecular complexity index is 1130. The zero-order valence-electron chi connectivity index (χ0n) is 13.7. The fourth-order valence-corrected chi connectivity index (χ4v) is 3.43. The van der Waals surface area contributed by atoms with Crippen molar-refractivity contribution in [3.8, 4) is 0 Å². The average Bonchev–Trinajstić information content (AvgIpc) is 3.03. The van der Waals surface area contributed by atoms with Crippen LogP contribution in [0.5, 0.6) is 0 Å². The van der Waals surface area contributed by atoms with Gasteiger partial charge in [-0.15, -0.1) is 5.10 Å². The van der Waals surface area contributed by atoms with E-state index in [0.717, 1.165) is 16.6 Å². The number of aromatic nitrogens is 5. The number of rotatable bonds is 4. The molecule has 0 spiro atoms. The van der Waals surface area contributed by atoms with Gasteiger partial charge in [0.1, 0.15) is 5.82 Å². The number of thioether (sulfide) groups is 1. The second-order valence-electron chi connectivity index (χ2n) is 5.48. The van der Waals surface area contributed by atoms with Gasteiger partial charge < -0.3 is 5.32 Å². The summed E-state index contributed by atoms with van der Waals surface area (Å²) >= 11 is 7.25. The molecule has 0 aliphatic carbocycles. The molecule has 0 unspecified atom stereocenters. The van der Waals surface area contributed by atoms with E-state index in [2.05, 4.69) is 25.4 Å². The van der Waals surface area contributed by atoms with Crippen molar-refractivity contribution in [2.24, 2.45) is 0 Å². The van der Waals surface area contributed by atoms with Crippen molar-refractivity contribution in [3.63, 3.8) is 0 Å². The smallest absolute Gasteiger partial charge is 0.234 e. The molecule has 0 atom stereocenters. The highest BCUT2D eigenvalue weighted by Gasteiger charge is 2.14. The van der Waals surface area contributed by atoms with Crippen LogP contribution in [0.25, 0.3) is 16.6 Å². The average molecular weight is 385 g/mol. The third-order valence-electron chi connectivity index (χ3n) is 3.62. The van der Waals surface area contributed by atoms with Crippen molar-refractivity contribution in [2.75, 3.05) is 11.1 Å². The summed E-state index contributed by atoms with van der Waals surface area (Å²) in [5.74, 6) is 0.603. The van der Waals surface area contributed by atoms with E-state index in [0.29, 0.717) is 16.7 Å². The minimum atomic E-state index is -0.204. The lowest BCUT2D eigenvalue weighted by Gasteiger charge is -2.07. The van der Waals surface area contributed by atoms with Gasteiger partial charge in [0.05, 0.1) is 17.0 Å². The molecule has 0 aliphatic rings. The number of pyridine rings is 1. The molecule has 1 aromatic carbocycles. The fourth-order valence-electron chi connectivity index (χ4n) is 2.52. The number of benzene rings is 1. The number of carbonyl (C=O) groups is 1. The molecule has 26 heavy (non-hydrogen) atoms. The van der Waals surface area contributed by atoms with Gasteiger partial charge in [-0.1, -0.05) is 35.5 Å². The lowest BCUT2D eigenvalue weighted by atomic mass is 10.2.